The number of carbonyl (C=O) groups excluding carboxylic acids is 1. The normalized spacial score (nSPS) is 22.7. The van der Waals surface area contributed by atoms with E-state index in [9.17, 15) is 4.79 Å². The van der Waals surface area contributed by atoms with E-state index in [0.29, 0.717) is 6.42 Å². The van der Waals surface area contributed by atoms with Gasteiger partial charge >= 0.3 is 0 Å². The van der Waals surface area contributed by atoms with Gasteiger partial charge in [0.2, 0.25) is 0 Å². The van der Waals surface area contributed by atoms with Gasteiger partial charge in [0.05, 0.1) is 0 Å². The van der Waals surface area contributed by atoms with E-state index in [2.05, 4.69) is 5.32 Å². The van der Waals surface area contributed by atoms with E-state index in [1.54, 1.807) is 0 Å². The van der Waals surface area contributed by atoms with Crippen LogP contribution in [0.2, 0.25) is 0 Å². The summed E-state index contributed by atoms with van der Waals surface area (Å²) in [7, 11) is 0. The van der Waals surface area contributed by atoms with E-state index in [1.807, 2.05) is 19.1 Å². The first-order chi connectivity index (χ1) is 5.77. The first kappa shape index (κ1) is 9.00. The van der Waals surface area contributed by atoms with Crippen molar-refractivity contribution >= 4 is 6.29 Å². The molecule has 1 rings (SSSR count). The van der Waals surface area contributed by atoms with Crippen molar-refractivity contribution < 1.29 is 4.79 Å². The Hall–Kier alpha value is -1.09. The summed E-state index contributed by atoms with van der Waals surface area (Å²) in [5.74, 6) is 0. The lowest BCUT2D eigenvalue weighted by atomic mass is 9.99. The second-order valence-electron chi connectivity index (χ2n) is 2.82. The molecule has 0 saturated carbocycles. The third-order valence-electron chi connectivity index (χ3n) is 1.86. The van der Waals surface area contributed by atoms with Gasteiger partial charge in [-0.15, -0.1) is 0 Å². The van der Waals surface area contributed by atoms with Crippen LogP contribution in [0.15, 0.2) is 23.4 Å². The third kappa shape index (κ3) is 1.95. The molecule has 1 aliphatic rings. The van der Waals surface area contributed by atoms with Crippen LogP contribution in [0.1, 0.15) is 13.3 Å². The van der Waals surface area contributed by atoms with Crippen molar-refractivity contribution in [2.75, 3.05) is 6.54 Å². The Morgan fingerprint density at radius 2 is 2.50 bits per heavy atom. The van der Waals surface area contributed by atoms with Crippen LogP contribution in [0, 0.1) is 0 Å². The molecular weight excluding hydrogens is 152 g/mol. The molecule has 0 aromatic rings. The molecular formula is C9H14N2O. The molecule has 1 unspecified atom stereocenters. The average Bonchev–Trinajstić information content (AvgIpc) is 2.09. The van der Waals surface area contributed by atoms with Crippen molar-refractivity contribution in [1.82, 2.24) is 5.32 Å². The summed E-state index contributed by atoms with van der Waals surface area (Å²) in [4.78, 5) is 10.4. The van der Waals surface area contributed by atoms with Crippen LogP contribution >= 0.6 is 0 Å². The molecule has 0 fully saturated rings. The average molecular weight is 166 g/mol. The third-order valence-corrected chi connectivity index (χ3v) is 1.86. The monoisotopic (exact) mass is 166 g/mol. The molecule has 12 heavy (non-hydrogen) atoms. The van der Waals surface area contributed by atoms with Gasteiger partial charge in [0, 0.05) is 18.3 Å². The highest BCUT2D eigenvalue weighted by Gasteiger charge is 2.13. The molecule has 0 bridgehead atoms. The molecule has 3 N–H and O–H groups in total. The number of nitrogens with one attached hydrogen (secondary N) is 1. The zero-order chi connectivity index (χ0) is 8.97. The minimum absolute atomic E-state index is 0.0462. The number of nitrogens with two attached hydrogens (primary N) is 1. The predicted octanol–water partition coefficient (Wildman–Crippen LogP) is 0.336. The SMILES string of the molecule is CCNC1=CC=C(C=O)CC1N. The van der Waals surface area contributed by atoms with Crippen molar-refractivity contribution in [3.63, 3.8) is 0 Å². The smallest absolute Gasteiger partial charge is 0.146 e. The molecule has 0 aliphatic heterocycles. The summed E-state index contributed by atoms with van der Waals surface area (Å²) < 4.78 is 0. The Kier molecular flexibility index (Phi) is 3.05. The molecule has 0 radical (unpaired) electrons. The second-order valence-corrected chi connectivity index (χ2v) is 2.82. The molecule has 1 atom stereocenters. The van der Waals surface area contributed by atoms with Crippen molar-refractivity contribution in [2.24, 2.45) is 5.73 Å². The Bertz CT molecular complexity index is 231. The fourth-order valence-corrected chi connectivity index (χ4v) is 1.23. The summed E-state index contributed by atoms with van der Waals surface area (Å²) in [5.41, 5.74) is 7.59. The van der Waals surface area contributed by atoms with Gasteiger partial charge < -0.3 is 11.1 Å². The summed E-state index contributed by atoms with van der Waals surface area (Å²) in [6, 6.07) is -0.0462. The largest absolute Gasteiger partial charge is 0.387 e. The van der Waals surface area contributed by atoms with E-state index in [1.165, 1.54) is 0 Å². The summed E-state index contributed by atoms with van der Waals surface area (Å²) in [6.07, 6.45) is 5.19. The Labute approximate surface area is 72.3 Å². The molecule has 0 saturated heterocycles. The predicted molar refractivity (Wildman–Crippen MR) is 48.5 cm³/mol. The standard InChI is InChI=1S/C9H14N2O/c1-2-11-9-4-3-7(6-12)5-8(9)10/h3-4,6,8,11H,2,5,10H2,1H3. The van der Waals surface area contributed by atoms with Gasteiger partial charge in [0.25, 0.3) is 0 Å². The zero-order valence-electron chi connectivity index (χ0n) is 7.21. The van der Waals surface area contributed by atoms with Crippen LogP contribution < -0.4 is 11.1 Å². The lowest BCUT2D eigenvalue weighted by Gasteiger charge is -2.19. The molecule has 0 amide bonds. The van der Waals surface area contributed by atoms with Gasteiger partial charge in [-0.1, -0.05) is 6.08 Å². The zero-order valence-corrected chi connectivity index (χ0v) is 7.21. The van der Waals surface area contributed by atoms with Gasteiger partial charge in [0.15, 0.2) is 0 Å². The number of hydrogen-bond donors (Lipinski definition) is 2. The maximum atomic E-state index is 10.4. The van der Waals surface area contributed by atoms with E-state index in [4.69, 9.17) is 5.73 Å². The fourth-order valence-electron chi connectivity index (χ4n) is 1.23. The van der Waals surface area contributed by atoms with Crippen LogP contribution in [-0.2, 0) is 4.79 Å². The maximum Gasteiger partial charge on any atom is 0.146 e. The molecule has 3 heteroatoms. The number of likely N-dealkylation sites (N-methyl/N-ethyl adjacent to an activating group) is 1. The van der Waals surface area contributed by atoms with E-state index >= 15 is 0 Å². The Balaban J connectivity index is 2.68. The van der Waals surface area contributed by atoms with Crippen LogP contribution in [-0.4, -0.2) is 18.9 Å². The quantitative estimate of drug-likeness (QED) is 0.594. The van der Waals surface area contributed by atoms with E-state index < -0.39 is 0 Å². The highest BCUT2D eigenvalue weighted by Crippen LogP contribution is 2.13. The van der Waals surface area contributed by atoms with Gasteiger partial charge in [-0.05, 0) is 25.0 Å². The molecule has 3 nitrogen and oxygen atoms in total. The molecule has 0 aromatic carbocycles. The molecule has 66 valence electrons. The van der Waals surface area contributed by atoms with Gasteiger partial charge in [-0.25, -0.2) is 0 Å². The number of hydrogen-bond acceptors (Lipinski definition) is 3. The number of carbonyl (C=O) groups is 1. The van der Waals surface area contributed by atoms with E-state index in [-0.39, 0.29) is 6.04 Å². The number of rotatable bonds is 3. The fraction of sp³-hybridized carbons (Fsp3) is 0.444. The lowest BCUT2D eigenvalue weighted by Crippen LogP contribution is -2.33. The first-order valence-electron chi connectivity index (χ1n) is 4.13. The highest BCUT2D eigenvalue weighted by atomic mass is 16.1. The molecule has 0 spiro atoms. The Morgan fingerprint density at radius 3 is 3.00 bits per heavy atom. The van der Waals surface area contributed by atoms with Gasteiger partial charge in [-0.3, -0.25) is 4.79 Å². The van der Waals surface area contributed by atoms with Crippen LogP contribution in [0.5, 0.6) is 0 Å². The molecule has 0 aromatic heterocycles. The lowest BCUT2D eigenvalue weighted by molar-refractivity contribution is -0.105. The van der Waals surface area contributed by atoms with Crippen LogP contribution in [0.4, 0.5) is 0 Å². The molecule has 1 aliphatic carbocycles. The van der Waals surface area contributed by atoms with E-state index in [0.717, 1.165) is 24.1 Å². The minimum Gasteiger partial charge on any atom is -0.387 e. The first-order valence-corrected chi connectivity index (χ1v) is 4.13. The topological polar surface area (TPSA) is 55.1 Å². The highest BCUT2D eigenvalue weighted by molar-refractivity contribution is 5.74. The van der Waals surface area contributed by atoms with Crippen molar-refractivity contribution in [2.45, 2.75) is 19.4 Å². The van der Waals surface area contributed by atoms with Crippen molar-refractivity contribution in [3.05, 3.63) is 23.4 Å². The van der Waals surface area contributed by atoms with Gasteiger partial charge in [-0.2, -0.15) is 0 Å². The summed E-state index contributed by atoms with van der Waals surface area (Å²) in [6.45, 7) is 2.89. The summed E-state index contributed by atoms with van der Waals surface area (Å²) >= 11 is 0. The number of aldehydes is 1. The van der Waals surface area contributed by atoms with Crippen molar-refractivity contribution in [3.8, 4) is 0 Å². The Morgan fingerprint density at radius 1 is 1.75 bits per heavy atom. The minimum atomic E-state index is -0.0462. The van der Waals surface area contributed by atoms with Crippen LogP contribution in [0.3, 0.4) is 0 Å². The second kappa shape index (κ2) is 4.07. The maximum absolute atomic E-state index is 10.4. The summed E-state index contributed by atoms with van der Waals surface area (Å²) in [5, 5.41) is 3.15. The van der Waals surface area contributed by atoms with Crippen molar-refractivity contribution in [1.29, 1.82) is 0 Å². The number of allylic oxidation sites excluding steroid dienone is 2. The van der Waals surface area contributed by atoms with Crippen LogP contribution in [0.25, 0.3) is 0 Å². The molecule has 0 heterocycles. The van der Waals surface area contributed by atoms with Gasteiger partial charge in [0.1, 0.15) is 6.29 Å².